The summed E-state index contributed by atoms with van der Waals surface area (Å²) in [6.45, 7) is 0.269. The molecule has 0 saturated carbocycles. The number of carbonyl (C=O) groups excluding carboxylic acids is 4. The number of carbonyl (C=O) groups is 4. The van der Waals surface area contributed by atoms with Crippen molar-refractivity contribution in [2.75, 3.05) is 66.1 Å². The molecule has 0 radical (unpaired) electrons. The highest BCUT2D eigenvalue weighted by Gasteiger charge is 2.29. The van der Waals surface area contributed by atoms with Crippen LogP contribution in [0.1, 0.15) is 347 Å². The maximum absolute atomic E-state index is 13.1. The van der Waals surface area contributed by atoms with Gasteiger partial charge in [0.1, 0.15) is 43.5 Å². The lowest BCUT2D eigenvalue weighted by Crippen LogP contribution is -2.27. The van der Waals surface area contributed by atoms with Crippen molar-refractivity contribution in [2.45, 2.75) is 365 Å². The van der Waals surface area contributed by atoms with Crippen LogP contribution in [0.25, 0.3) is 0 Å². The Labute approximate surface area is 597 Å². The van der Waals surface area contributed by atoms with Crippen LogP contribution >= 0.6 is 15.6 Å². The van der Waals surface area contributed by atoms with E-state index < -0.39 is 47.2 Å². The molecule has 0 bridgehead atoms. The maximum atomic E-state index is 13.1. The molecule has 0 amide bonds. The van der Waals surface area contributed by atoms with Crippen LogP contribution in [0.3, 0.4) is 0 Å². The molecule has 5 atom stereocenters. The Morgan fingerprint density at radius 2 is 0.418 bits per heavy atom. The summed E-state index contributed by atoms with van der Waals surface area (Å²) in [5.74, 6) is 0. The number of rotatable bonds is 84. The van der Waals surface area contributed by atoms with E-state index in [4.69, 9.17) is 37.0 Å². The second kappa shape index (κ2) is 78.8. The summed E-state index contributed by atoms with van der Waals surface area (Å²) in [6.07, 6.45) is 77.6. The second-order valence-corrected chi connectivity index (χ2v) is 29.7. The molecule has 19 heteroatoms. The van der Waals surface area contributed by atoms with E-state index >= 15 is 0 Å². The van der Waals surface area contributed by atoms with Gasteiger partial charge in [-0.05, 0) is 154 Å². The van der Waals surface area contributed by atoms with Crippen molar-refractivity contribution in [3.8, 4) is 0 Å². The number of aliphatic hydroxyl groups excluding tert-OH is 1. The lowest BCUT2D eigenvalue weighted by molar-refractivity contribution is -0.108. The van der Waals surface area contributed by atoms with Gasteiger partial charge in [-0.2, -0.15) is 0 Å². The van der Waals surface area contributed by atoms with Crippen molar-refractivity contribution in [1.29, 1.82) is 0 Å². The van der Waals surface area contributed by atoms with Crippen LogP contribution < -0.4 is 0 Å². The van der Waals surface area contributed by atoms with Gasteiger partial charge >= 0.3 is 15.6 Å². The van der Waals surface area contributed by atoms with Gasteiger partial charge in [-0.25, -0.2) is 9.13 Å². The minimum atomic E-state index is -4.70. The molecular weight excluding hydrogens is 1280 g/mol. The van der Waals surface area contributed by atoms with Crippen LogP contribution in [0.15, 0.2) is 48.6 Å². The summed E-state index contributed by atoms with van der Waals surface area (Å²) in [7, 11) is -9.41. The predicted molar refractivity (Wildman–Crippen MR) is 401 cm³/mol. The van der Waals surface area contributed by atoms with Crippen LogP contribution in [-0.2, 0) is 65.4 Å². The zero-order chi connectivity index (χ0) is 71.1. The van der Waals surface area contributed by atoms with Gasteiger partial charge in [-0.15, -0.1) is 0 Å². The molecule has 0 saturated heterocycles. The van der Waals surface area contributed by atoms with Gasteiger partial charge in [0.2, 0.25) is 0 Å². The highest BCUT2D eigenvalue weighted by atomic mass is 31.2. The third-order valence-corrected chi connectivity index (χ3v) is 19.2. The lowest BCUT2D eigenvalue weighted by atomic mass is 10.1. The van der Waals surface area contributed by atoms with Gasteiger partial charge in [0.05, 0.1) is 39.6 Å². The van der Waals surface area contributed by atoms with E-state index in [0.29, 0.717) is 52.1 Å². The Balaban J connectivity index is 5.05. The molecule has 0 rings (SSSR count). The second-order valence-electron chi connectivity index (χ2n) is 26.8. The largest absolute Gasteiger partial charge is 0.472 e. The van der Waals surface area contributed by atoms with Gasteiger partial charge in [0.15, 0.2) is 0 Å². The Hall–Kier alpha value is -2.34. The third kappa shape index (κ3) is 77.8. The van der Waals surface area contributed by atoms with Crippen molar-refractivity contribution in [3.63, 3.8) is 0 Å². The van der Waals surface area contributed by atoms with Crippen molar-refractivity contribution in [1.82, 2.24) is 0 Å². The predicted octanol–water partition coefficient (Wildman–Crippen LogP) is 21.5. The SMILES string of the molecule is O=CCCCCCC/C=C\CCCCCCCCCOC[C@H](COP(=O)(O)OC[C@@H](O)COP(=O)(O)OC[C@@H](COCCCCCCC/C=C\CCCCCCC=O)OCCCCCCCCC/C=C\CCCCCCC=O)OCCCCCCCCC/C=C\CCCCCCC=O. The smallest absolute Gasteiger partial charge is 0.388 e. The number of hydrogen-bond acceptors (Lipinski definition) is 15. The molecule has 98 heavy (non-hydrogen) atoms. The minimum Gasteiger partial charge on any atom is -0.388 e. The van der Waals surface area contributed by atoms with Gasteiger partial charge in [0, 0.05) is 52.1 Å². The summed E-state index contributed by atoms with van der Waals surface area (Å²) in [5.41, 5.74) is 0. The van der Waals surface area contributed by atoms with Crippen LogP contribution in [0.5, 0.6) is 0 Å². The Morgan fingerprint density at radius 3 is 0.643 bits per heavy atom. The first-order chi connectivity index (χ1) is 48.1. The molecule has 0 aliphatic rings. The van der Waals surface area contributed by atoms with E-state index in [1.807, 2.05) is 0 Å². The molecule has 0 aromatic rings. The number of aliphatic hydroxyl groups is 1. The van der Waals surface area contributed by atoms with E-state index in [1.54, 1.807) is 0 Å². The summed E-state index contributed by atoms with van der Waals surface area (Å²) in [6, 6.07) is 0. The fourth-order valence-corrected chi connectivity index (χ4v) is 12.8. The molecule has 0 aromatic carbocycles. The first-order valence-electron chi connectivity index (χ1n) is 39.7. The summed E-state index contributed by atoms with van der Waals surface area (Å²) in [4.78, 5) is 63.2. The number of phosphoric acid groups is 2. The Kier molecular flexibility index (Phi) is 76.9. The van der Waals surface area contributed by atoms with Crippen molar-refractivity contribution < 1.29 is 80.2 Å². The molecule has 574 valence electrons. The summed E-state index contributed by atoms with van der Waals surface area (Å²) in [5, 5.41) is 10.7. The van der Waals surface area contributed by atoms with Crippen LogP contribution in [0.4, 0.5) is 0 Å². The standard InChI is InChI=1S/C79H146O17P2/c80-63-55-47-39-31-23-15-7-1-4-11-19-27-35-43-51-59-67-89-73-78(91-69-61-53-45-37-29-21-12-5-2-8-16-24-32-40-48-56-64-81)75-95-97(85,86)93-71-77(84)72-94-98(87,88)96-76-79(74-90-68-60-52-44-36-28-20-14-10-18-26-34-42-50-58-66-83)92-70-62-54-46-38-30-22-13-6-3-9-17-25-33-41-49-57-65-82/h1-3,7-10,14,63-66,77-79,84H,4-6,11-13,15-62,67-76H2,(H,85,86)(H,87,88)/b7-1-,8-2-,9-3-,14-10-/t77-,78-,79-/m1/s1. The Morgan fingerprint density at radius 1 is 0.235 bits per heavy atom. The van der Waals surface area contributed by atoms with E-state index in [0.717, 1.165) is 231 Å². The van der Waals surface area contributed by atoms with Crippen LogP contribution in [-0.4, -0.2) is 124 Å². The molecular formula is C79H146O17P2. The average molecular weight is 1430 g/mol. The number of hydrogen-bond donors (Lipinski definition) is 3. The molecule has 0 spiro atoms. The highest BCUT2D eigenvalue weighted by Crippen LogP contribution is 2.45. The van der Waals surface area contributed by atoms with E-state index in [-0.39, 0.29) is 26.4 Å². The first-order valence-corrected chi connectivity index (χ1v) is 42.7. The average Bonchev–Trinajstić information content (AvgIpc) is 1.88. The van der Waals surface area contributed by atoms with Crippen LogP contribution in [0.2, 0.25) is 0 Å². The van der Waals surface area contributed by atoms with Crippen LogP contribution in [0, 0.1) is 0 Å². The van der Waals surface area contributed by atoms with Gasteiger partial charge in [0.25, 0.3) is 0 Å². The van der Waals surface area contributed by atoms with E-state index in [9.17, 15) is 43.2 Å². The molecule has 17 nitrogen and oxygen atoms in total. The third-order valence-electron chi connectivity index (χ3n) is 17.3. The molecule has 0 aromatic heterocycles. The lowest BCUT2D eigenvalue weighted by Gasteiger charge is -2.22. The number of ether oxygens (including phenoxy) is 4. The fraction of sp³-hybridized carbons (Fsp3) is 0.848. The number of phosphoric ester groups is 2. The number of unbranched alkanes of at least 4 members (excludes halogenated alkanes) is 46. The zero-order valence-corrected chi connectivity index (χ0v) is 63.7. The Bertz CT molecular complexity index is 1920. The van der Waals surface area contributed by atoms with Gasteiger partial charge in [-0.1, -0.05) is 216 Å². The molecule has 3 N–H and O–H groups in total. The maximum Gasteiger partial charge on any atom is 0.472 e. The molecule has 0 heterocycles. The minimum absolute atomic E-state index is 0.165. The molecule has 0 aliphatic heterocycles. The van der Waals surface area contributed by atoms with Gasteiger partial charge < -0.3 is 53.0 Å². The summed E-state index contributed by atoms with van der Waals surface area (Å²) >= 11 is 0. The van der Waals surface area contributed by atoms with E-state index in [1.165, 1.54) is 116 Å². The fourth-order valence-electron chi connectivity index (χ4n) is 11.2. The normalized spacial score (nSPS) is 14.3. The number of aldehydes is 4. The van der Waals surface area contributed by atoms with Crippen molar-refractivity contribution >= 4 is 40.8 Å². The van der Waals surface area contributed by atoms with Crippen molar-refractivity contribution in [3.05, 3.63) is 48.6 Å². The molecule has 0 fully saturated rings. The van der Waals surface area contributed by atoms with E-state index in [2.05, 4.69) is 48.6 Å². The molecule has 0 aliphatic carbocycles. The van der Waals surface area contributed by atoms with Crippen molar-refractivity contribution in [2.24, 2.45) is 0 Å². The monoisotopic (exact) mass is 1430 g/mol. The quantitative estimate of drug-likeness (QED) is 0.0222. The van der Waals surface area contributed by atoms with Gasteiger partial charge in [-0.3, -0.25) is 18.1 Å². The number of allylic oxidation sites excluding steroid dienone is 8. The summed E-state index contributed by atoms with van der Waals surface area (Å²) < 4.78 is 71.4. The highest BCUT2D eigenvalue weighted by molar-refractivity contribution is 7.47. The topological polar surface area (TPSA) is 237 Å². The first kappa shape index (κ1) is 95.7. The zero-order valence-electron chi connectivity index (χ0n) is 61.9. The molecule has 2 unspecified atom stereocenters.